The van der Waals surface area contributed by atoms with Crippen LogP contribution in [-0.2, 0) is 9.53 Å². The Morgan fingerprint density at radius 2 is 2.00 bits per heavy atom. The Hall–Kier alpha value is -1.40. The second-order valence-corrected chi connectivity index (χ2v) is 6.08. The van der Waals surface area contributed by atoms with Gasteiger partial charge in [-0.3, -0.25) is 0 Å². The van der Waals surface area contributed by atoms with Crippen LogP contribution in [-0.4, -0.2) is 30.8 Å². The molecule has 1 aromatic carbocycles. The zero-order valence-corrected chi connectivity index (χ0v) is 14.1. The van der Waals surface area contributed by atoms with Crippen LogP contribution in [0.4, 0.5) is 0 Å². The first-order valence-electron chi connectivity index (χ1n) is 6.43. The number of amidine groups is 1. The van der Waals surface area contributed by atoms with Crippen molar-refractivity contribution in [2.24, 2.45) is 4.99 Å². The highest BCUT2D eigenvalue weighted by atomic mass is 32.2. The molecule has 1 aliphatic heterocycles. The van der Waals surface area contributed by atoms with E-state index in [9.17, 15) is 4.79 Å². The van der Waals surface area contributed by atoms with E-state index in [-0.39, 0.29) is 12.0 Å². The number of benzene rings is 1. The van der Waals surface area contributed by atoms with Gasteiger partial charge in [-0.15, -0.1) is 11.8 Å². The number of methoxy groups -OCH3 is 1. The number of aliphatic imine (C=N–C) groups is 1. The standard InChI is InChI=1S/C15H18N2O2S2/c1-9-12(14(18)19-2)13(17-15(16-9)21-4)10-7-5-6-8-11(10)20-3/h5-8,13H,1-4H3,(H,16,17)/t13-/m0/s1. The molecule has 1 aromatic rings. The normalized spacial score (nSPS) is 18.1. The van der Waals surface area contributed by atoms with Gasteiger partial charge >= 0.3 is 5.97 Å². The van der Waals surface area contributed by atoms with Crippen LogP contribution >= 0.6 is 23.5 Å². The Labute approximate surface area is 133 Å². The van der Waals surface area contributed by atoms with Gasteiger partial charge in [0.25, 0.3) is 0 Å². The summed E-state index contributed by atoms with van der Waals surface area (Å²) >= 11 is 3.18. The molecular formula is C15H18N2O2S2. The highest BCUT2D eigenvalue weighted by molar-refractivity contribution is 8.13. The number of esters is 1. The van der Waals surface area contributed by atoms with E-state index < -0.39 is 0 Å². The predicted molar refractivity (Wildman–Crippen MR) is 89.8 cm³/mol. The third-order valence-electron chi connectivity index (χ3n) is 3.25. The number of hydrogen-bond donors (Lipinski definition) is 1. The minimum atomic E-state index is -0.343. The van der Waals surface area contributed by atoms with E-state index in [2.05, 4.69) is 10.3 Å². The fourth-order valence-electron chi connectivity index (χ4n) is 2.24. The molecule has 6 heteroatoms. The van der Waals surface area contributed by atoms with E-state index in [0.29, 0.717) is 5.57 Å². The number of carbonyl (C=O) groups is 1. The summed E-state index contributed by atoms with van der Waals surface area (Å²) in [6.45, 7) is 1.88. The molecule has 2 rings (SSSR count). The second-order valence-electron chi connectivity index (χ2n) is 4.44. The summed E-state index contributed by atoms with van der Waals surface area (Å²) in [5.74, 6) is -0.343. The Balaban J connectivity index is 2.56. The molecule has 0 aliphatic carbocycles. The van der Waals surface area contributed by atoms with E-state index in [1.165, 1.54) is 18.9 Å². The number of hydrogen-bond acceptors (Lipinski definition) is 6. The molecule has 1 N–H and O–H groups in total. The lowest BCUT2D eigenvalue weighted by Crippen LogP contribution is -2.30. The van der Waals surface area contributed by atoms with Crippen molar-refractivity contribution in [3.63, 3.8) is 0 Å². The van der Waals surface area contributed by atoms with Crippen molar-refractivity contribution in [3.8, 4) is 0 Å². The SMILES string of the molecule is COC(=O)C1=C(C)NC(SC)=N[C@H]1c1ccccc1SC. The van der Waals surface area contributed by atoms with E-state index in [1.807, 2.05) is 43.7 Å². The molecule has 0 amide bonds. The Kier molecular flexibility index (Phi) is 5.36. The molecule has 1 heterocycles. The minimum Gasteiger partial charge on any atom is -0.466 e. The van der Waals surface area contributed by atoms with E-state index >= 15 is 0 Å². The molecule has 0 saturated heterocycles. The van der Waals surface area contributed by atoms with Gasteiger partial charge in [0.2, 0.25) is 0 Å². The number of rotatable bonds is 3. The zero-order valence-electron chi connectivity index (χ0n) is 12.5. The van der Waals surface area contributed by atoms with Crippen molar-refractivity contribution in [1.29, 1.82) is 0 Å². The molecule has 0 radical (unpaired) electrons. The van der Waals surface area contributed by atoms with Crippen LogP contribution in [0.25, 0.3) is 0 Å². The first-order valence-corrected chi connectivity index (χ1v) is 8.88. The van der Waals surface area contributed by atoms with Gasteiger partial charge in [0.05, 0.1) is 12.7 Å². The molecule has 112 valence electrons. The average molecular weight is 322 g/mol. The van der Waals surface area contributed by atoms with Crippen molar-refractivity contribution in [1.82, 2.24) is 5.32 Å². The highest BCUT2D eigenvalue weighted by Gasteiger charge is 2.30. The van der Waals surface area contributed by atoms with Crippen LogP contribution in [0.15, 0.2) is 45.4 Å². The van der Waals surface area contributed by atoms with Gasteiger partial charge in [0, 0.05) is 10.6 Å². The van der Waals surface area contributed by atoms with Gasteiger partial charge < -0.3 is 10.1 Å². The number of allylic oxidation sites excluding steroid dienone is 1. The first kappa shape index (κ1) is 16.0. The summed E-state index contributed by atoms with van der Waals surface area (Å²) in [5.41, 5.74) is 2.39. The maximum absolute atomic E-state index is 12.2. The van der Waals surface area contributed by atoms with Crippen LogP contribution in [0.5, 0.6) is 0 Å². The number of nitrogens with one attached hydrogen (secondary N) is 1. The van der Waals surface area contributed by atoms with Crippen LogP contribution in [0.3, 0.4) is 0 Å². The fourth-order valence-corrected chi connectivity index (χ4v) is 3.34. The number of ether oxygens (including phenoxy) is 1. The van der Waals surface area contributed by atoms with E-state index in [4.69, 9.17) is 4.74 Å². The van der Waals surface area contributed by atoms with Gasteiger partial charge in [-0.2, -0.15) is 0 Å². The molecule has 1 atom stereocenters. The quantitative estimate of drug-likeness (QED) is 0.684. The maximum Gasteiger partial charge on any atom is 0.338 e. The van der Waals surface area contributed by atoms with Crippen molar-refractivity contribution < 1.29 is 9.53 Å². The lowest BCUT2D eigenvalue weighted by Gasteiger charge is -2.26. The van der Waals surface area contributed by atoms with Crippen LogP contribution in [0, 0.1) is 0 Å². The van der Waals surface area contributed by atoms with E-state index in [0.717, 1.165) is 21.3 Å². The van der Waals surface area contributed by atoms with Crippen molar-refractivity contribution in [2.75, 3.05) is 19.6 Å². The lowest BCUT2D eigenvalue weighted by molar-refractivity contribution is -0.136. The summed E-state index contributed by atoms with van der Waals surface area (Å²) in [6, 6.07) is 7.68. The summed E-state index contributed by atoms with van der Waals surface area (Å²) < 4.78 is 4.93. The van der Waals surface area contributed by atoms with Crippen molar-refractivity contribution in [3.05, 3.63) is 41.1 Å². The predicted octanol–water partition coefficient (Wildman–Crippen LogP) is 3.22. The van der Waals surface area contributed by atoms with Crippen LogP contribution < -0.4 is 5.32 Å². The molecule has 0 unspecified atom stereocenters. The summed E-state index contributed by atoms with van der Waals surface area (Å²) in [6.07, 6.45) is 3.98. The summed E-state index contributed by atoms with van der Waals surface area (Å²) in [7, 11) is 1.40. The summed E-state index contributed by atoms with van der Waals surface area (Å²) in [5, 5.41) is 3.96. The molecule has 0 spiro atoms. The Morgan fingerprint density at radius 1 is 1.29 bits per heavy atom. The third-order valence-corrected chi connectivity index (χ3v) is 4.66. The molecule has 0 bridgehead atoms. The Bertz CT molecular complexity index is 611. The molecule has 4 nitrogen and oxygen atoms in total. The van der Waals surface area contributed by atoms with Gasteiger partial charge in [-0.05, 0) is 31.1 Å². The summed E-state index contributed by atoms with van der Waals surface area (Å²) in [4.78, 5) is 17.9. The topological polar surface area (TPSA) is 50.7 Å². The third kappa shape index (κ3) is 3.27. The highest BCUT2D eigenvalue weighted by Crippen LogP contribution is 2.36. The molecule has 1 aliphatic rings. The number of thioether (sulfide) groups is 2. The molecule has 0 saturated carbocycles. The van der Waals surface area contributed by atoms with Crippen LogP contribution in [0.2, 0.25) is 0 Å². The largest absolute Gasteiger partial charge is 0.466 e. The fraction of sp³-hybridized carbons (Fsp3) is 0.333. The van der Waals surface area contributed by atoms with Gasteiger partial charge in [-0.25, -0.2) is 9.79 Å². The van der Waals surface area contributed by atoms with Gasteiger partial charge in [0.1, 0.15) is 6.04 Å². The van der Waals surface area contributed by atoms with Crippen molar-refractivity contribution >= 4 is 34.7 Å². The van der Waals surface area contributed by atoms with Gasteiger partial charge in [0.15, 0.2) is 5.17 Å². The van der Waals surface area contributed by atoms with Crippen LogP contribution in [0.1, 0.15) is 18.5 Å². The van der Waals surface area contributed by atoms with E-state index in [1.54, 1.807) is 11.8 Å². The van der Waals surface area contributed by atoms with Gasteiger partial charge in [-0.1, -0.05) is 30.0 Å². The maximum atomic E-state index is 12.2. The average Bonchev–Trinajstić information content (AvgIpc) is 2.53. The number of carbonyl (C=O) groups excluding carboxylic acids is 1. The molecule has 0 fully saturated rings. The second kappa shape index (κ2) is 7.04. The smallest absolute Gasteiger partial charge is 0.338 e. The monoisotopic (exact) mass is 322 g/mol. The molecular weight excluding hydrogens is 304 g/mol. The first-order chi connectivity index (χ1) is 10.1. The number of nitrogens with zero attached hydrogens (tertiary/aromatic N) is 1. The molecule has 0 aromatic heterocycles. The van der Waals surface area contributed by atoms with Crippen molar-refractivity contribution in [2.45, 2.75) is 17.9 Å². The zero-order chi connectivity index (χ0) is 15.4. The lowest BCUT2D eigenvalue weighted by atomic mass is 9.96. The Morgan fingerprint density at radius 3 is 2.62 bits per heavy atom. The minimum absolute atomic E-state index is 0.329. The molecule has 21 heavy (non-hydrogen) atoms.